The van der Waals surface area contributed by atoms with Crippen LogP contribution in [0, 0.1) is 11.8 Å². The molecule has 1 aromatic rings. The van der Waals surface area contributed by atoms with Gasteiger partial charge in [-0.2, -0.15) is 13.2 Å². The van der Waals surface area contributed by atoms with E-state index in [-0.39, 0.29) is 5.56 Å². The lowest BCUT2D eigenvalue weighted by molar-refractivity contribution is -0.221. The number of carbonyl (C=O) groups excluding carboxylic acids is 2. The van der Waals surface area contributed by atoms with Crippen LogP contribution in [0.25, 0.3) is 0 Å². The zero-order valence-electron chi connectivity index (χ0n) is 15.0. The Balaban J connectivity index is 3.08. The second-order valence-electron chi connectivity index (χ2n) is 5.32. The van der Waals surface area contributed by atoms with Crippen LogP contribution in [0.2, 0.25) is 0 Å². The van der Waals surface area contributed by atoms with E-state index in [2.05, 4.69) is 23.2 Å². The summed E-state index contributed by atoms with van der Waals surface area (Å²) in [5.41, 5.74) is -0.871. The summed E-state index contributed by atoms with van der Waals surface area (Å²) in [6.45, 7) is 2.57. The Morgan fingerprint density at radius 1 is 1.22 bits per heavy atom. The molecule has 27 heavy (non-hydrogen) atoms. The number of hydrogen-bond acceptors (Lipinski definition) is 5. The molecule has 1 atom stereocenters. The summed E-state index contributed by atoms with van der Waals surface area (Å²) in [6.07, 6.45) is -4.55. The number of rotatable bonds is 6. The molecule has 0 amide bonds. The van der Waals surface area contributed by atoms with E-state index in [1.807, 2.05) is 5.73 Å². The van der Waals surface area contributed by atoms with Crippen molar-refractivity contribution in [3.8, 4) is 17.6 Å². The molecule has 0 bridgehead atoms. The number of nitrogens with zero attached hydrogens (tertiary/aromatic N) is 1. The van der Waals surface area contributed by atoms with E-state index in [1.165, 1.54) is 19.2 Å². The third-order valence-electron chi connectivity index (χ3n) is 3.71. The number of halogens is 3. The largest absolute Gasteiger partial charge is 0.497 e. The minimum atomic E-state index is -5.01. The van der Waals surface area contributed by atoms with Gasteiger partial charge in [-0.25, -0.2) is 4.79 Å². The van der Waals surface area contributed by atoms with Crippen molar-refractivity contribution in [1.82, 2.24) is 4.90 Å². The molecule has 1 aromatic carbocycles. The van der Waals surface area contributed by atoms with Crippen molar-refractivity contribution in [2.24, 2.45) is 0 Å². The van der Waals surface area contributed by atoms with Crippen molar-refractivity contribution < 1.29 is 32.2 Å². The Labute approximate surface area is 155 Å². The van der Waals surface area contributed by atoms with Gasteiger partial charge in [0, 0.05) is 5.56 Å². The van der Waals surface area contributed by atoms with Crippen LogP contribution in [0.4, 0.5) is 13.2 Å². The third kappa shape index (κ3) is 4.79. The van der Waals surface area contributed by atoms with Gasteiger partial charge >= 0.3 is 12.1 Å². The van der Waals surface area contributed by atoms with Gasteiger partial charge in [-0.1, -0.05) is 12.5 Å². The van der Waals surface area contributed by atoms with Gasteiger partial charge in [0.05, 0.1) is 20.8 Å². The predicted molar refractivity (Wildman–Crippen MR) is 92.2 cm³/mol. The molecule has 5 nitrogen and oxygen atoms in total. The smallest absolute Gasteiger partial charge is 0.421 e. The number of Topliss-reactive ketones (excluding diaryl/α,β-unsaturated/α-hetero) is 1. The molecule has 0 spiro atoms. The number of hydrogen-bond donors (Lipinski definition) is 0. The Hall–Kier alpha value is -3.01. The minimum Gasteiger partial charge on any atom is -0.497 e. The highest BCUT2D eigenvalue weighted by molar-refractivity contribution is 6.09. The lowest BCUT2D eigenvalue weighted by atomic mass is 9.96. The maximum Gasteiger partial charge on any atom is 0.421 e. The van der Waals surface area contributed by atoms with Gasteiger partial charge in [0.1, 0.15) is 5.75 Å². The fraction of sp³-hybridized carbons (Fsp3) is 0.316. The zero-order valence-corrected chi connectivity index (χ0v) is 15.0. The molecule has 0 saturated heterocycles. The number of carbonyl (C=O) groups is 2. The van der Waals surface area contributed by atoms with Crippen molar-refractivity contribution >= 4 is 11.8 Å². The van der Waals surface area contributed by atoms with E-state index >= 15 is 0 Å². The molecule has 0 radical (unpaired) electrons. The molecule has 0 heterocycles. The second kappa shape index (κ2) is 9.08. The lowest BCUT2D eigenvalue weighted by Crippen LogP contribution is -2.62. The number of likely N-dealkylation sites (N-methyl/N-ethyl adjacent to an activating group) is 1. The Morgan fingerprint density at radius 3 is 2.26 bits per heavy atom. The highest BCUT2D eigenvalue weighted by atomic mass is 19.4. The molecular formula is C19H18F3NO4. The average molecular weight is 381 g/mol. The summed E-state index contributed by atoms with van der Waals surface area (Å²) < 4.78 is 50.1. The van der Waals surface area contributed by atoms with Gasteiger partial charge in [0.15, 0.2) is 0 Å². The first-order valence-corrected chi connectivity index (χ1v) is 7.54. The molecule has 1 unspecified atom stereocenters. The van der Waals surface area contributed by atoms with E-state index in [1.54, 1.807) is 12.1 Å². The van der Waals surface area contributed by atoms with Crippen LogP contribution in [-0.2, 0) is 9.53 Å². The highest BCUT2D eigenvalue weighted by Gasteiger charge is 2.62. The topological polar surface area (TPSA) is 55.8 Å². The fourth-order valence-electron chi connectivity index (χ4n) is 2.22. The molecule has 0 aliphatic rings. The van der Waals surface area contributed by atoms with Crippen LogP contribution in [0.1, 0.15) is 10.4 Å². The first-order chi connectivity index (χ1) is 12.6. The third-order valence-corrected chi connectivity index (χ3v) is 3.71. The van der Waals surface area contributed by atoms with Crippen molar-refractivity contribution in [2.45, 2.75) is 11.7 Å². The first-order valence-electron chi connectivity index (χ1n) is 7.54. The molecule has 0 N–H and O–H groups in total. The molecule has 0 aromatic heterocycles. The number of esters is 1. The SMILES string of the molecule is C=C=CC(C(=O)OC)(N(C)CC#CC(=O)c1ccc(OC)cc1)C(F)(F)F. The van der Waals surface area contributed by atoms with E-state index in [0.717, 1.165) is 14.2 Å². The van der Waals surface area contributed by atoms with Crippen LogP contribution in [0.5, 0.6) is 5.75 Å². The standard InChI is InChI=1S/C19H18F3NO4/c1-5-12-18(17(25)27-4,19(20,21)22)23(2)13-6-7-16(24)14-8-10-15(26-3)11-9-14/h8-12H,1,13H2,2-4H3. The van der Waals surface area contributed by atoms with E-state index in [0.29, 0.717) is 16.7 Å². The minimum absolute atomic E-state index is 0.256. The van der Waals surface area contributed by atoms with Crippen molar-refractivity contribution in [3.63, 3.8) is 0 Å². The molecule has 8 heteroatoms. The summed E-state index contributed by atoms with van der Waals surface area (Å²) in [4.78, 5) is 24.5. The Kier molecular flexibility index (Phi) is 7.41. The zero-order chi connectivity index (χ0) is 20.7. The molecule has 0 saturated carbocycles. The molecule has 0 fully saturated rings. The number of ether oxygens (including phenoxy) is 2. The van der Waals surface area contributed by atoms with Crippen LogP contribution in [0.3, 0.4) is 0 Å². The summed E-state index contributed by atoms with van der Waals surface area (Å²) in [6, 6.07) is 6.08. The monoisotopic (exact) mass is 381 g/mol. The number of methoxy groups -OCH3 is 2. The lowest BCUT2D eigenvalue weighted by Gasteiger charge is -2.36. The number of alkyl halides is 3. The van der Waals surface area contributed by atoms with Crippen molar-refractivity contribution in [1.29, 1.82) is 0 Å². The maximum atomic E-state index is 13.6. The molecule has 144 valence electrons. The van der Waals surface area contributed by atoms with Crippen molar-refractivity contribution in [3.05, 3.63) is 48.2 Å². The molecular weight excluding hydrogens is 363 g/mol. The fourth-order valence-corrected chi connectivity index (χ4v) is 2.22. The van der Waals surface area contributed by atoms with E-state index < -0.39 is 30.0 Å². The van der Waals surface area contributed by atoms with E-state index in [4.69, 9.17) is 4.74 Å². The van der Waals surface area contributed by atoms with Crippen molar-refractivity contribution in [2.75, 3.05) is 27.8 Å². The summed E-state index contributed by atoms with van der Waals surface area (Å²) in [5, 5.41) is 0. The maximum absolute atomic E-state index is 13.6. The Bertz CT molecular complexity index is 799. The van der Waals surface area contributed by atoms with Gasteiger partial charge < -0.3 is 9.47 Å². The Morgan fingerprint density at radius 2 is 1.81 bits per heavy atom. The second-order valence-corrected chi connectivity index (χ2v) is 5.32. The van der Waals surface area contributed by atoms with Crippen LogP contribution < -0.4 is 4.74 Å². The van der Waals surface area contributed by atoms with Gasteiger partial charge in [0.2, 0.25) is 11.3 Å². The number of ketones is 1. The predicted octanol–water partition coefficient (Wildman–Crippen LogP) is 2.63. The summed E-state index contributed by atoms with van der Waals surface area (Å²) in [7, 11) is 3.34. The highest BCUT2D eigenvalue weighted by Crippen LogP contribution is 2.37. The van der Waals surface area contributed by atoms with Gasteiger partial charge in [-0.15, -0.1) is 5.73 Å². The first kappa shape index (κ1) is 22.0. The van der Waals surface area contributed by atoms with Crippen LogP contribution in [0.15, 0.2) is 42.7 Å². The normalized spacial score (nSPS) is 12.9. The van der Waals surface area contributed by atoms with Crippen LogP contribution in [-0.4, -0.2) is 56.2 Å². The molecule has 0 aliphatic carbocycles. The average Bonchev–Trinajstić information content (AvgIpc) is 2.64. The summed E-state index contributed by atoms with van der Waals surface area (Å²) in [5.74, 6) is 3.00. The number of benzene rings is 1. The quantitative estimate of drug-likeness (QED) is 0.249. The van der Waals surface area contributed by atoms with E-state index in [9.17, 15) is 22.8 Å². The van der Waals surface area contributed by atoms with Gasteiger partial charge in [-0.3, -0.25) is 9.69 Å². The van der Waals surface area contributed by atoms with Gasteiger partial charge in [0.25, 0.3) is 0 Å². The summed E-state index contributed by atoms with van der Waals surface area (Å²) >= 11 is 0. The molecule has 1 rings (SSSR count). The van der Waals surface area contributed by atoms with Gasteiger partial charge in [-0.05, 0) is 43.3 Å². The van der Waals surface area contributed by atoms with Crippen LogP contribution >= 0.6 is 0 Å². The molecule has 0 aliphatic heterocycles.